The van der Waals surface area contributed by atoms with Gasteiger partial charge >= 0.3 is 0 Å². The fourth-order valence-corrected chi connectivity index (χ4v) is 3.78. The van der Waals surface area contributed by atoms with Gasteiger partial charge in [0.1, 0.15) is 5.82 Å². The van der Waals surface area contributed by atoms with Crippen LogP contribution in [0.1, 0.15) is 75.6 Å². The van der Waals surface area contributed by atoms with E-state index in [1.807, 2.05) is 26.0 Å². The van der Waals surface area contributed by atoms with Crippen LogP contribution in [0.5, 0.6) is 0 Å². The maximum Gasteiger partial charge on any atom is 0.226 e. The summed E-state index contributed by atoms with van der Waals surface area (Å²) < 4.78 is 18.5. The molecule has 1 saturated carbocycles. The standard InChI is InChI=1S/C21H28FN3O2/c1-15(2)20-24-19(27-25-20)7-5-6-18(26)23-14-21(12-3-4-13-21)16-8-10-17(22)11-9-16/h8-11,15H,3-7,12-14H2,1-2H3,(H,23,26). The van der Waals surface area contributed by atoms with E-state index in [0.717, 1.165) is 31.2 Å². The van der Waals surface area contributed by atoms with E-state index >= 15 is 0 Å². The molecule has 1 aliphatic rings. The van der Waals surface area contributed by atoms with E-state index in [9.17, 15) is 9.18 Å². The van der Waals surface area contributed by atoms with Gasteiger partial charge in [-0.1, -0.05) is 44.0 Å². The van der Waals surface area contributed by atoms with Gasteiger partial charge in [0, 0.05) is 30.7 Å². The Morgan fingerprint density at radius 3 is 2.59 bits per heavy atom. The molecule has 1 N–H and O–H groups in total. The van der Waals surface area contributed by atoms with Crippen LogP contribution in [-0.4, -0.2) is 22.6 Å². The van der Waals surface area contributed by atoms with Crippen LogP contribution in [0, 0.1) is 5.82 Å². The molecule has 0 spiro atoms. The molecule has 1 aliphatic carbocycles. The number of rotatable bonds is 8. The Morgan fingerprint density at radius 1 is 1.26 bits per heavy atom. The highest BCUT2D eigenvalue weighted by molar-refractivity contribution is 5.76. The Hall–Kier alpha value is -2.24. The molecule has 1 heterocycles. The lowest BCUT2D eigenvalue weighted by atomic mass is 9.79. The van der Waals surface area contributed by atoms with Gasteiger partial charge in [-0.25, -0.2) is 4.39 Å². The first-order chi connectivity index (χ1) is 13.0. The van der Waals surface area contributed by atoms with Gasteiger partial charge in [-0.05, 0) is 37.0 Å². The number of nitrogens with one attached hydrogen (secondary N) is 1. The van der Waals surface area contributed by atoms with Crippen LogP contribution in [0.2, 0.25) is 0 Å². The van der Waals surface area contributed by atoms with Crippen molar-refractivity contribution in [3.05, 3.63) is 47.4 Å². The summed E-state index contributed by atoms with van der Waals surface area (Å²) in [7, 11) is 0. The third kappa shape index (κ3) is 4.93. The Balaban J connectivity index is 1.48. The molecule has 1 amide bonds. The van der Waals surface area contributed by atoms with E-state index in [1.54, 1.807) is 0 Å². The maximum absolute atomic E-state index is 13.3. The predicted molar refractivity (Wildman–Crippen MR) is 101 cm³/mol. The van der Waals surface area contributed by atoms with Crippen molar-refractivity contribution < 1.29 is 13.7 Å². The summed E-state index contributed by atoms with van der Waals surface area (Å²) in [5.41, 5.74) is 1.05. The van der Waals surface area contributed by atoms with Gasteiger partial charge in [0.2, 0.25) is 11.8 Å². The first kappa shape index (κ1) is 19.5. The number of benzene rings is 1. The maximum atomic E-state index is 13.3. The zero-order valence-corrected chi connectivity index (χ0v) is 16.1. The Kier molecular flexibility index (Phi) is 6.24. The SMILES string of the molecule is CC(C)c1noc(CCCC(=O)NCC2(c3ccc(F)cc3)CCCC2)n1. The van der Waals surface area contributed by atoms with Crippen LogP contribution >= 0.6 is 0 Å². The molecule has 5 nitrogen and oxygen atoms in total. The van der Waals surface area contributed by atoms with Crippen LogP contribution in [0.3, 0.4) is 0 Å². The van der Waals surface area contributed by atoms with Crippen molar-refractivity contribution >= 4 is 5.91 Å². The monoisotopic (exact) mass is 373 g/mol. The molecule has 0 aliphatic heterocycles. The highest BCUT2D eigenvalue weighted by atomic mass is 19.1. The highest BCUT2D eigenvalue weighted by Gasteiger charge is 2.35. The molecule has 27 heavy (non-hydrogen) atoms. The molecule has 0 bridgehead atoms. The Labute approximate surface area is 159 Å². The van der Waals surface area contributed by atoms with Crippen LogP contribution in [0.15, 0.2) is 28.8 Å². The lowest BCUT2D eigenvalue weighted by molar-refractivity contribution is -0.121. The molecule has 1 aromatic heterocycles. The summed E-state index contributed by atoms with van der Waals surface area (Å²) in [4.78, 5) is 16.6. The van der Waals surface area contributed by atoms with E-state index in [-0.39, 0.29) is 23.1 Å². The molecule has 0 radical (unpaired) electrons. The van der Waals surface area contributed by atoms with Crippen LogP contribution < -0.4 is 5.32 Å². The average Bonchev–Trinajstić information content (AvgIpc) is 3.31. The summed E-state index contributed by atoms with van der Waals surface area (Å²) in [6.45, 7) is 4.64. The second kappa shape index (κ2) is 8.63. The molecule has 0 atom stereocenters. The van der Waals surface area contributed by atoms with E-state index in [4.69, 9.17) is 4.52 Å². The second-order valence-electron chi connectivity index (χ2n) is 7.83. The molecule has 0 saturated heterocycles. The largest absolute Gasteiger partial charge is 0.355 e. The van der Waals surface area contributed by atoms with Crippen molar-refractivity contribution in [2.75, 3.05) is 6.54 Å². The Bertz CT molecular complexity index is 749. The number of halogens is 1. The quantitative estimate of drug-likeness (QED) is 0.750. The molecule has 146 valence electrons. The summed E-state index contributed by atoms with van der Waals surface area (Å²) in [6, 6.07) is 6.73. The number of hydrogen-bond acceptors (Lipinski definition) is 4. The number of aryl methyl sites for hydroxylation is 1. The van der Waals surface area contributed by atoms with Crippen molar-refractivity contribution in [3.63, 3.8) is 0 Å². The summed E-state index contributed by atoms with van der Waals surface area (Å²) >= 11 is 0. The third-order valence-electron chi connectivity index (χ3n) is 5.44. The molecule has 1 aromatic carbocycles. The van der Waals surface area contributed by atoms with Gasteiger partial charge in [-0.3, -0.25) is 4.79 Å². The Morgan fingerprint density at radius 2 is 1.96 bits per heavy atom. The first-order valence-corrected chi connectivity index (χ1v) is 9.84. The minimum absolute atomic E-state index is 0.0342. The second-order valence-corrected chi connectivity index (χ2v) is 7.83. The van der Waals surface area contributed by atoms with E-state index < -0.39 is 0 Å². The van der Waals surface area contributed by atoms with Crippen molar-refractivity contribution in [1.29, 1.82) is 0 Å². The topological polar surface area (TPSA) is 68.0 Å². The average molecular weight is 373 g/mol. The van der Waals surface area contributed by atoms with E-state index in [1.165, 1.54) is 12.1 Å². The molecular weight excluding hydrogens is 345 g/mol. The van der Waals surface area contributed by atoms with Gasteiger partial charge in [0.15, 0.2) is 5.82 Å². The van der Waals surface area contributed by atoms with Crippen molar-refractivity contribution in [2.24, 2.45) is 0 Å². The van der Waals surface area contributed by atoms with Gasteiger partial charge in [-0.15, -0.1) is 0 Å². The minimum Gasteiger partial charge on any atom is -0.355 e. The zero-order valence-electron chi connectivity index (χ0n) is 16.1. The first-order valence-electron chi connectivity index (χ1n) is 9.84. The zero-order chi connectivity index (χ0) is 19.3. The summed E-state index contributed by atoms with van der Waals surface area (Å²) in [5, 5.41) is 7.03. The molecule has 1 fully saturated rings. The number of amides is 1. The van der Waals surface area contributed by atoms with Gasteiger partial charge < -0.3 is 9.84 Å². The molecular formula is C21H28FN3O2. The lowest BCUT2D eigenvalue weighted by Gasteiger charge is -2.30. The van der Waals surface area contributed by atoms with Crippen LogP contribution in [0.25, 0.3) is 0 Å². The number of carbonyl (C=O) groups excluding carboxylic acids is 1. The van der Waals surface area contributed by atoms with Gasteiger partial charge in [0.05, 0.1) is 0 Å². The number of hydrogen-bond donors (Lipinski definition) is 1. The summed E-state index contributed by atoms with van der Waals surface area (Å²) in [5.74, 6) is 1.34. The van der Waals surface area contributed by atoms with E-state index in [0.29, 0.717) is 37.5 Å². The van der Waals surface area contributed by atoms with Crippen LogP contribution in [-0.2, 0) is 16.6 Å². The minimum atomic E-state index is -0.224. The fraction of sp³-hybridized carbons (Fsp3) is 0.571. The van der Waals surface area contributed by atoms with Gasteiger partial charge in [-0.2, -0.15) is 4.98 Å². The predicted octanol–water partition coefficient (Wildman–Crippen LogP) is 4.28. The third-order valence-corrected chi connectivity index (χ3v) is 5.44. The van der Waals surface area contributed by atoms with Crippen molar-refractivity contribution in [3.8, 4) is 0 Å². The molecule has 3 rings (SSSR count). The lowest BCUT2D eigenvalue weighted by Crippen LogP contribution is -2.39. The number of nitrogens with zero attached hydrogens (tertiary/aromatic N) is 2. The number of aromatic nitrogens is 2. The normalized spacial score (nSPS) is 16.0. The van der Waals surface area contributed by atoms with E-state index in [2.05, 4.69) is 15.5 Å². The molecule has 0 unspecified atom stereocenters. The number of carbonyl (C=O) groups is 1. The summed E-state index contributed by atoms with van der Waals surface area (Å²) in [6.07, 6.45) is 6.05. The van der Waals surface area contributed by atoms with Crippen LogP contribution in [0.4, 0.5) is 4.39 Å². The fourth-order valence-electron chi connectivity index (χ4n) is 3.78. The van der Waals surface area contributed by atoms with Gasteiger partial charge in [0.25, 0.3) is 0 Å². The van der Waals surface area contributed by atoms with Crippen molar-refractivity contribution in [2.45, 2.75) is 70.1 Å². The smallest absolute Gasteiger partial charge is 0.226 e. The molecule has 6 heteroatoms. The molecule has 2 aromatic rings. The highest BCUT2D eigenvalue weighted by Crippen LogP contribution is 2.40. The van der Waals surface area contributed by atoms with Crippen molar-refractivity contribution in [1.82, 2.24) is 15.5 Å².